The molecule has 0 radical (unpaired) electrons. The van der Waals surface area contributed by atoms with Gasteiger partial charge in [-0.15, -0.1) is 0 Å². The highest BCUT2D eigenvalue weighted by atomic mass is 16.5. The third-order valence-electron chi connectivity index (χ3n) is 13.7. The Labute approximate surface area is 389 Å². The minimum absolute atomic E-state index is 0.111. The van der Waals surface area contributed by atoms with E-state index in [4.69, 9.17) is 9.47 Å². The summed E-state index contributed by atoms with van der Waals surface area (Å²) in [4.78, 5) is 85.6. The number of ether oxygens (including phenoxy) is 2. The number of hydrogen-bond acceptors (Lipinski definition) is 10. The van der Waals surface area contributed by atoms with Crippen molar-refractivity contribution in [1.29, 1.82) is 0 Å². The van der Waals surface area contributed by atoms with E-state index in [2.05, 4.69) is 68.0 Å². The van der Waals surface area contributed by atoms with Crippen molar-refractivity contribution in [3.05, 3.63) is 70.8 Å². The zero-order valence-electron chi connectivity index (χ0n) is 39.5. The monoisotopic (exact) mass is 911 g/mol. The smallest absolute Gasteiger partial charge is 0.248 e. The second-order valence-corrected chi connectivity index (χ2v) is 18.1. The summed E-state index contributed by atoms with van der Waals surface area (Å²) in [7, 11) is 3.30. The summed E-state index contributed by atoms with van der Waals surface area (Å²) in [6.07, 6.45) is 6.16. The van der Waals surface area contributed by atoms with Gasteiger partial charge in [0.05, 0.1) is 36.4 Å². The van der Waals surface area contributed by atoms with Crippen molar-refractivity contribution < 1.29 is 38.2 Å². The van der Waals surface area contributed by atoms with Crippen molar-refractivity contribution in [3.8, 4) is 11.8 Å². The molecule has 0 spiro atoms. The summed E-state index contributed by atoms with van der Waals surface area (Å²) < 4.78 is 12.1. The van der Waals surface area contributed by atoms with Gasteiger partial charge in [0.1, 0.15) is 37.4 Å². The van der Waals surface area contributed by atoms with E-state index < -0.39 is 72.1 Å². The van der Waals surface area contributed by atoms with E-state index >= 15 is 0 Å². The minimum atomic E-state index is -1.10. The van der Waals surface area contributed by atoms with Crippen molar-refractivity contribution in [2.75, 3.05) is 40.4 Å². The molecule has 10 atom stereocenters. The molecule has 2 aromatic rings. The Morgan fingerprint density at radius 1 is 0.591 bits per heavy atom. The SMILES string of the molecule is CN[C@@H](C)C(=O)N[C@H](C(=O)N1CCCC1C(=O)N[C@@H]1CCCc2ccccc21)C(C)OCC#CCOC(C)[C@H](NC(=O)[C@H](C)NC)C(=O)N1CCCC1C(=O)N[C@@H]1CCCc2ccccc21. The number of benzene rings is 2. The Kier molecular flexibility index (Phi) is 18.1. The lowest BCUT2D eigenvalue weighted by molar-refractivity contribution is -0.145. The Morgan fingerprint density at radius 2 is 0.985 bits per heavy atom. The van der Waals surface area contributed by atoms with E-state index in [1.54, 1.807) is 51.6 Å². The van der Waals surface area contributed by atoms with Crippen molar-refractivity contribution in [3.63, 3.8) is 0 Å². The van der Waals surface area contributed by atoms with Gasteiger partial charge in [-0.2, -0.15) is 0 Å². The standard InChI is InChI=1S/C50H70N8O8/c1-31(51-5)45(59)55-43(49(63)57-27-15-25-41(57)47(61)53-39-23-13-19-35-17-7-9-21-37(35)39)33(3)65-29-11-12-30-66-34(4)44(56-46(60)32(2)52-6)50(64)58-28-16-26-42(58)48(62)54-40-24-14-20-36-18-8-10-22-38(36)40/h7-10,17-18,21-22,31-34,39-44,51-52H,13-16,19-20,23-30H2,1-6H3,(H,53,61)(H,54,62)(H,55,59)(H,56,60)/t31-,32-,33?,34?,39+,40+,41?,42?,43-,44-/m0/s1. The summed E-state index contributed by atoms with van der Waals surface area (Å²) >= 11 is 0. The molecule has 2 saturated heterocycles. The first kappa shape index (κ1) is 50.1. The average molecular weight is 911 g/mol. The fraction of sp³-hybridized carbons (Fsp3) is 0.600. The Morgan fingerprint density at radius 3 is 1.38 bits per heavy atom. The number of carbonyl (C=O) groups excluding carboxylic acids is 6. The molecule has 2 fully saturated rings. The van der Waals surface area contributed by atoms with Crippen molar-refractivity contribution in [2.24, 2.45) is 0 Å². The van der Waals surface area contributed by atoms with Gasteiger partial charge in [0.15, 0.2) is 0 Å². The zero-order chi connectivity index (χ0) is 47.3. The summed E-state index contributed by atoms with van der Waals surface area (Å²) in [6.45, 7) is 7.25. The molecule has 16 nitrogen and oxygen atoms in total. The zero-order valence-corrected chi connectivity index (χ0v) is 39.5. The maximum atomic E-state index is 14.3. The number of likely N-dealkylation sites (tertiary alicyclic amines) is 2. The number of likely N-dealkylation sites (N-methyl/N-ethyl adjacent to an activating group) is 2. The first-order valence-electron chi connectivity index (χ1n) is 23.8. The number of fused-ring (bicyclic) bond motifs is 2. The molecule has 2 heterocycles. The molecule has 6 amide bonds. The predicted octanol–water partition coefficient (Wildman–Crippen LogP) is 2.36. The third-order valence-corrected chi connectivity index (χ3v) is 13.7. The maximum absolute atomic E-state index is 14.3. The molecule has 66 heavy (non-hydrogen) atoms. The van der Waals surface area contributed by atoms with Gasteiger partial charge < -0.3 is 51.2 Å². The predicted molar refractivity (Wildman–Crippen MR) is 250 cm³/mol. The van der Waals surface area contributed by atoms with Crippen LogP contribution in [0.5, 0.6) is 0 Å². The van der Waals surface area contributed by atoms with Gasteiger partial charge in [0, 0.05) is 13.1 Å². The molecule has 358 valence electrons. The topological polar surface area (TPSA) is 200 Å². The van der Waals surface area contributed by atoms with Gasteiger partial charge in [-0.3, -0.25) is 28.8 Å². The molecule has 0 aromatic heterocycles. The van der Waals surface area contributed by atoms with E-state index in [0.29, 0.717) is 38.8 Å². The molecule has 0 bridgehead atoms. The van der Waals surface area contributed by atoms with E-state index in [9.17, 15) is 28.8 Å². The molecule has 6 rings (SSSR count). The minimum Gasteiger partial charge on any atom is -0.363 e. The highest BCUT2D eigenvalue weighted by Gasteiger charge is 2.43. The molecule has 2 aromatic carbocycles. The summed E-state index contributed by atoms with van der Waals surface area (Å²) in [5.41, 5.74) is 4.67. The number of amides is 6. The van der Waals surface area contributed by atoms with Crippen LogP contribution in [0.3, 0.4) is 0 Å². The Hall–Kier alpha value is -5.34. The van der Waals surface area contributed by atoms with Gasteiger partial charge in [-0.05, 0) is 128 Å². The molecular weight excluding hydrogens is 841 g/mol. The number of rotatable bonds is 18. The van der Waals surface area contributed by atoms with Gasteiger partial charge in [-0.25, -0.2) is 0 Å². The van der Waals surface area contributed by atoms with E-state index in [-0.39, 0.29) is 37.1 Å². The number of carbonyl (C=O) groups is 6. The average Bonchev–Trinajstić information content (AvgIpc) is 4.04. The van der Waals surface area contributed by atoms with Crippen LogP contribution in [0.2, 0.25) is 0 Å². The van der Waals surface area contributed by atoms with Gasteiger partial charge in [0.25, 0.3) is 0 Å². The van der Waals surface area contributed by atoms with Crippen LogP contribution in [0.15, 0.2) is 48.5 Å². The highest BCUT2D eigenvalue weighted by molar-refractivity contribution is 5.95. The highest BCUT2D eigenvalue weighted by Crippen LogP contribution is 2.32. The molecule has 0 saturated carbocycles. The Bertz CT molecular complexity index is 1960. The first-order valence-corrected chi connectivity index (χ1v) is 23.8. The maximum Gasteiger partial charge on any atom is 0.248 e. The van der Waals surface area contributed by atoms with Crippen molar-refractivity contribution >= 4 is 35.4 Å². The Balaban J connectivity index is 1.06. The number of nitrogens with zero attached hydrogens (tertiary/aromatic N) is 2. The molecule has 16 heteroatoms. The number of aryl methyl sites for hydroxylation is 2. The molecule has 6 N–H and O–H groups in total. The van der Waals surface area contributed by atoms with Crippen LogP contribution in [0.1, 0.15) is 113 Å². The van der Waals surface area contributed by atoms with Crippen LogP contribution in [0.25, 0.3) is 0 Å². The van der Waals surface area contributed by atoms with E-state index in [1.807, 2.05) is 24.3 Å². The lowest BCUT2D eigenvalue weighted by Crippen LogP contribution is -2.59. The lowest BCUT2D eigenvalue weighted by atomic mass is 9.87. The fourth-order valence-corrected chi connectivity index (χ4v) is 9.53. The first-order chi connectivity index (χ1) is 31.8. The van der Waals surface area contributed by atoms with E-state index in [0.717, 1.165) is 49.7 Å². The van der Waals surface area contributed by atoms with Gasteiger partial charge in [-0.1, -0.05) is 60.4 Å². The van der Waals surface area contributed by atoms with Crippen LogP contribution in [0.4, 0.5) is 0 Å². The number of nitrogens with one attached hydrogen (secondary N) is 6. The second-order valence-electron chi connectivity index (χ2n) is 18.1. The second kappa shape index (κ2) is 23.9. The van der Waals surface area contributed by atoms with E-state index in [1.165, 1.54) is 11.1 Å². The van der Waals surface area contributed by atoms with Crippen LogP contribution < -0.4 is 31.9 Å². The van der Waals surface area contributed by atoms with Gasteiger partial charge in [0.2, 0.25) is 35.4 Å². The normalized spacial score (nSPS) is 22.8. The largest absolute Gasteiger partial charge is 0.363 e. The summed E-state index contributed by atoms with van der Waals surface area (Å²) in [6, 6.07) is 11.2. The third kappa shape index (κ3) is 12.4. The van der Waals surface area contributed by atoms with Crippen molar-refractivity contribution in [2.45, 2.75) is 152 Å². The molecule has 4 unspecified atom stereocenters. The molecule has 2 aliphatic heterocycles. The molecule has 4 aliphatic rings. The van der Waals surface area contributed by atoms with Crippen molar-refractivity contribution in [1.82, 2.24) is 41.7 Å². The lowest BCUT2D eigenvalue weighted by Gasteiger charge is -2.33. The number of hydrogen-bond donors (Lipinski definition) is 6. The molecular formula is C50H70N8O8. The fourth-order valence-electron chi connectivity index (χ4n) is 9.53. The van der Waals surface area contributed by atoms with Crippen LogP contribution in [-0.2, 0) is 51.1 Å². The summed E-state index contributed by atoms with van der Waals surface area (Å²) in [5, 5.41) is 17.9. The van der Waals surface area contributed by atoms with Gasteiger partial charge >= 0.3 is 0 Å². The van der Waals surface area contributed by atoms with Crippen LogP contribution >= 0.6 is 0 Å². The van der Waals surface area contributed by atoms with Crippen LogP contribution in [0, 0.1) is 11.8 Å². The quantitative estimate of drug-likeness (QED) is 0.121. The summed E-state index contributed by atoms with van der Waals surface area (Å²) in [5.74, 6) is 3.78. The van der Waals surface area contributed by atoms with Crippen LogP contribution in [-0.4, -0.2) is 134 Å². The molecule has 2 aliphatic carbocycles.